The van der Waals surface area contributed by atoms with Crippen LogP contribution in [0.2, 0.25) is 0 Å². The van der Waals surface area contributed by atoms with E-state index in [0.717, 1.165) is 12.8 Å². The normalized spacial score (nSPS) is 17.2. The maximum atomic E-state index is 12.7. The predicted octanol–water partition coefficient (Wildman–Crippen LogP) is 1.94. The zero-order chi connectivity index (χ0) is 13.7. The van der Waals surface area contributed by atoms with Crippen LogP contribution in [0.4, 0.5) is 4.39 Å². The topological polar surface area (TPSA) is 58.2 Å². The Kier molecular flexibility index (Phi) is 4.28. The molecule has 0 saturated carbocycles. The number of hydrogen-bond acceptors (Lipinski definition) is 2. The fraction of sp³-hybridized carbons (Fsp3) is 0.286. The lowest BCUT2D eigenvalue weighted by Crippen LogP contribution is -2.42. The third kappa shape index (κ3) is 3.91. The van der Waals surface area contributed by atoms with Crippen molar-refractivity contribution >= 4 is 11.8 Å². The zero-order valence-corrected chi connectivity index (χ0v) is 10.4. The Morgan fingerprint density at radius 1 is 1.21 bits per heavy atom. The molecule has 2 amide bonds. The summed E-state index contributed by atoms with van der Waals surface area (Å²) in [6.45, 7) is 0. The number of hydrazine groups is 1. The Balaban J connectivity index is 1.78. The second-order valence-electron chi connectivity index (χ2n) is 4.48. The van der Waals surface area contributed by atoms with Crippen molar-refractivity contribution in [2.24, 2.45) is 5.92 Å². The maximum Gasteiger partial charge on any atom is 0.269 e. The Hall–Kier alpha value is -2.17. The maximum absolute atomic E-state index is 12.7. The molecule has 0 aliphatic heterocycles. The molecule has 1 aliphatic rings. The molecular weight excluding hydrogens is 247 g/mol. The molecule has 4 nitrogen and oxygen atoms in total. The van der Waals surface area contributed by atoms with Gasteiger partial charge in [0.15, 0.2) is 0 Å². The second-order valence-corrected chi connectivity index (χ2v) is 4.48. The van der Waals surface area contributed by atoms with Gasteiger partial charge in [0.2, 0.25) is 5.91 Å². The van der Waals surface area contributed by atoms with Gasteiger partial charge < -0.3 is 0 Å². The molecule has 0 heterocycles. The quantitative estimate of drug-likeness (QED) is 0.646. The molecule has 0 bridgehead atoms. The van der Waals surface area contributed by atoms with Crippen molar-refractivity contribution in [1.82, 2.24) is 10.9 Å². The minimum absolute atomic E-state index is 0.230. The number of amides is 2. The number of halogens is 1. The van der Waals surface area contributed by atoms with E-state index in [4.69, 9.17) is 0 Å². The third-order valence-corrected chi connectivity index (χ3v) is 2.98. The molecule has 0 unspecified atom stereocenters. The first-order valence-corrected chi connectivity index (χ1v) is 6.16. The summed E-state index contributed by atoms with van der Waals surface area (Å²) in [4.78, 5) is 23.2. The summed E-state index contributed by atoms with van der Waals surface area (Å²) >= 11 is 0. The largest absolute Gasteiger partial charge is 0.273 e. The number of carbonyl (C=O) groups is 2. The summed E-state index contributed by atoms with van der Waals surface area (Å²) in [5, 5.41) is 0. The van der Waals surface area contributed by atoms with Gasteiger partial charge in [-0.25, -0.2) is 4.39 Å². The van der Waals surface area contributed by atoms with Gasteiger partial charge >= 0.3 is 0 Å². The van der Waals surface area contributed by atoms with Crippen LogP contribution >= 0.6 is 0 Å². The van der Waals surface area contributed by atoms with Crippen LogP contribution in [0, 0.1) is 11.7 Å². The number of benzene rings is 1. The van der Waals surface area contributed by atoms with Crippen molar-refractivity contribution < 1.29 is 14.0 Å². The van der Waals surface area contributed by atoms with Crippen LogP contribution in [-0.2, 0) is 4.79 Å². The SMILES string of the molecule is O=C(C[C@@H]1C=CCC1)NNC(=O)c1ccc(F)cc1. The van der Waals surface area contributed by atoms with Gasteiger partial charge in [0, 0.05) is 12.0 Å². The van der Waals surface area contributed by atoms with Crippen molar-refractivity contribution in [3.05, 3.63) is 47.8 Å². The van der Waals surface area contributed by atoms with E-state index in [9.17, 15) is 14.0 Å². The van der Waals surface area contributed by atoms with E-state index in [-0.39, 0.29) is 11.8 Å². The van der Waals surface area contributed by atoms with E-state index in [2.05, 4.69) is 16.9 Å². The molecule has 1 aliphatic carbocycles. The molecule has 2 N–H and O–H groups in total. The van der Waals surface area contributed by atoms with Gasteiger partial charge in [-0.1, -0.05) is 12.2 Å². The molecule has 2 rings (SSSR count). The number of rotatable bonds is 3. The number of allylic oxidation sites excluding steroid dienone is 2. The first kappa shape index (κ1) is 13.3. The third-order valence-electron chi connectivity index (χ3n) is 2.98. The highest BCUT2D eigenvalue weighted by Crippen LogP contribution is 2.19. The molecule has 1 atom stereocenters. The van der Waals surface area contributed by atoms with Crippen molar-refractivity contribution in [3.8, 4) is 0 Å². The molecular formula is C14H15FN2O2. The lowest BCUT2D eigenvalue weighted by Gasteiger charge is -2.09. The highest BCUT2D eigenvalue weighted by molar-refractivity contribution is 5.95. The molecule has 0 saturated heterocycles. The van der Waals surface area contributed by atoms with E-state index in [1.807, 2.05) is 6.08 Å². The van der Waals surface area contributed by atoms with Gasteiger partial charge in [-0.15, -0.1) is 0 Å². The van der Waals surface area contributed by atoms with E-state index >= 15 is 0 Å². The van der Waals surface area contributed by atoms with Crippen LogP contribution in [0.3, 0.4) is 0 Å². The second kappa shape index (κ2) is 6.13. The highest BCUT2D eigenvalue weighted by Gasteiger charge is 2.14. The molecule has 1 aromatic rings. The Morgan fingerprint density at radius 3 is 2.58 bits per heavy atom. The fourth-order valence-corrected chi connectivity index (χ4v) is 1.95. The molecule has 19 heavy (non-hydrogen) atoms. The number of carbonyl (C=O) groups excluding carboxylic acids is 2. The first-order chi connectivity index (χ1) is 9.15. The van der Waals surface area contributed by atoms with Crippen LogP contribution in [0.15, 0.2) is 36.4 Å². The summed E-state index contributed by atoms with van der Waals surface area (Å²) in [6.07, 6.45) is 6.40. The first-order valence-electron chi connectivity index (χ1n) is 6.16. The van der Waals surface area contributed by atoms with Gasteiger partial charge in [0.05, 0.1) is 0 Å². The molecule has 1 aromatic carbocycles. The summed E-state index contributed by atoms with van der Waals surface area (Å²) < 4.78 is 12.7. The Morgan fingerprint density at radius 2 is 1.95 bits per heavy atom. The van der Waals surface area contributed by atoms with E-state index in [1.54, 1.807) is 0 Å². The minimum Gasteiger partial charge on any atom is -0.273 e. The number of hydrogen-bond donors (Lipinski definition) is 2. The van der Waals surface area contributed by atoms with Gasteiger partial charge in [0.25, 0.3) is 5.91 Å². The molecule has 100 valence electrons. The summed E-state index contributed by atoms with van der Waals surface area (Å²) in [6, 6.07) is 5.10. The van der Waals surface area contributed by atoms with Gasteiger partial charge in [-0.2, -0.15) is 0 Å². The van der Waals surface area contributed by atoms with Crippen LogP contribution < -0.4 is 10.9 Å². The van der Waals surface area contributed by atoms with Gasteiger partial charge in [0.1, 0.15) is 5.82 Å². The van der Waals surface area contributed by atoms with Crippen LogP contribution in [-0.4, -0.2) is 11.8 Å². The van der Waals surface area contributed by atoms with Crippen LogP contribution in [0.25, 0.3) is 0 Å². The molecule has 0 spiro atoms. The smallest absolute Gasteiger partial charge is 0.269 e. The average Bonchev–Trinajstić information content (AvgIpc) is 2.89. The predicted molar refractivity (Wildman–Crippen MR) is 68.5 cm³/mol. The van der Waals surface area contributed by atoms with Gasteiger partial charge in [-0.3, -0.25) is 20.4 Å². The summed E-state index contributed by atoms with van der Waals surface area (Å²) in [5.74, 6) is -0.848. The number of nitrogens with one attached hydrogen (secondary N) is 2. The van der Waals surface area contributed by atoms with Crippen molar-refractivity contribution in [2.45, 2.75) is 19.3 Å². The van der Waals surface area contributed by atoms with E-state index < -0.39 is 11.7 Å². The Bertz CT molecular complexity index is 497. The monoisotopic (exact) mass is 262 g/mol. The molecule has 0 radical (unpaired) electrons. The van der Waals surface area contributed by atoms with E-state index in [1.165, 1.54) is 24.3 Å². The van der Waals surface area contributed by atoms with Crippen molar-refractivity contribution in [1.29, 1.82) is 0 Å². The Labute approximate surface area is 110 Å². The van der Waals surface area contributed by atoms with Crippen LogP contribution in [0.1, 0.15) is 29.6 Å². The minimum atomic E-state index is -0.463. The zero-order valence-electron chi connectivity index (χ0n) is 10.4. The van der Waals surface area contributed by atoms with Crippen molar-refractivity contribution in [3.63, 3.8) is 0 Å². The fourth-order valence-electron chi connectivity index (χ4n) is 1.95. The lowest BCUT2D eigenvalue weighted by molar-refractivity contribution is -0.122. The average molecular weight is 262 g/mol. The van der Waals surface area contributed by atoms with Crippen molar-refractivity contribution in [2.75, 3.05) is 0 Å². The highest BCUT2D eigenvalue weighted by atomic mass is 19.1. The standard InChI is InChI=1S/C14H15FN2O2/c15-12-7-5-11(6-8-12)14(19)17-16-13(18)9-10-3-1-2-4-10/h1,3,5-8,10H,2,4,9H2,(H,16,18)(H,17,19)/t10-/m1/s1. The lowest BCUT2D eigenvalue weighted by atomic mass is 10.1. The summed E-state index contributed by atoms with van der Waals surface area (Å²) in [7, 11) is 0. The van der Waals surface area contributed by atoms with E-state index in [0.29, 0.717) is 12.0 Å². The molecule has 0 fully saturated rings. The van der Waals surface area contributed by atoms with Crippen LogP contribution in [0.5, 0.6) is 0 Å². The summed E-state index contributed by atoms with van der Waals surface area (Å²) in [5.41, 5.74) is 4.96. The van der Waals surface area contributed by atoms with Gasteiger partial charge in [-0.05, 0) is 43.0 Å². The molecule has 5 heteroatoms. The molecule has 0 aromatic heterocycles.